The Morgan fingerprint density at radius 2 is 1.85 bits per heavy atom. The van der Waals surface area contributed by atoms with Crippen LogP contribution in [0.4, 0.5) is 5.82 Å². The summed E-state index contributed by atoms with van der Waals surface area (Å²) in [7, 11) is 0. The van der Waals surface area contributed by atoms with Crippen LogP contribution < -0.4 is 16.4 Å². The molecular formula is C36H54N6O4. The largest absolute Gasteiger partial charge is 0.391 e. The van der Waals surface area contributed by atoms with Crippen molar-refractivity contribution in [3.8, 4) is 0 Å². The SMILES string of the molecule is CC[C@H](C)[C@@H](C(N)=O)N(CCNc1ccccn1)C(=O)[C@@H](C[C@H](O)[C@H](CC1CCCCC1)NC(=O)C=Cc1cccnc1)C(C)C. The molecule has 2 heterocycles. The van der Waals surface area contributed by atoms with Crippen molar-refractivity contribution < 1.29 is 19.5 Å². The van der Waals surface area contributed by atoms with Gasteiger partial charge in [-0.2, -0.15) is 0 Å². The van der Waals surface area contributed by atoms with E-state index in [2.05, 4.69) is 20.6 Å². The number of aliphatic hydroxyl groups excluding tert-OH is 1. The van der Waals surface area contributed by atoms with Gasteiger partial charge in [-0.15, -0.1) is 0 Å². The normalized spacial score (nSPS) is 17.2. The van der Waals surface area contributed by atoms with Crippen LogP contribution in [0.2, 0.25) is 0 Å². The molecule has 1 aliphatic carbocycles. The molecule has 3 rings (SSSR count). The van der Waals surface area contributed by atoms with Crippen molar-refractivity contribution in [3.63, 3.8) is 0 Å². The summed E-state index contributed by atoms with van der Waals surface area (Å²) in [5, 5.41) is 18.0. The highest BCUT2D eigenvalue weighted by Gasteiger charge is 2.38. The first kappa shape index (κ1) is 36.7. The summed E-state index contributed by atoms with van der Waals surface area (Å²) in [6.07, 6.45) is 14.3. The third-order valence-corrected chi connectivity index (χ3v) is 9.25. The van der Waals surface area contributed by atoms with Crippen LogP contribution in [0.1, 0.15) is 84.6 Å². The molecule has 5 N–H and O–H groups in total. The van der Waals surface area contributed by atoms with Crippen molar-refractivity contribution >= 4 is 29.6 Å². The van der Waals surface area contributed by atoms with Gasteiger partial charge in [0.1, 0.15) is 11.9 Å². The molecule has 0 radical (unpaired) electrons. The molecule has 0 spiro atoms. The van der Waals surface area contributed by atoms with E-state index in [1.54, 1.807) is 35.6 Å². The molecule has 1 fully saturated rings. The fraction of sp³-hybridized carbons (Fsp3) is 0.583. The maximum atomic E-state index is 14.4. The summed E-state index contributed by atoms with van der Waals surface area (Å²) in [5.41, 5.74) is 6.72. The Hall–Kier alpha value is -3.79. The van der Waals surface area contributed by atoms with Crippen molar-refractivity contribution in [2.45, 2.75) is 97.2 Å². The summed E-state index contributed by atoms with van der Waals surface area (Å²) in [4.78, 5) is 50.2. The number of hydrogen-bond acceptors (Lipinski definition) is 7. The van der Waals surface area contributed by atoms with E-state index in [1.165, 1.54) is 12.5 Å². The van der Waals surface area contributed by atoms with E-state index in [1.807, 2.05) is 52.0 Å². The van der Waals surface area contributed by atoms with Gasteiger partial charge in [0.2, 0.25) is 17.7 Å². The molecule has 46 heavy (non-hydrogen) atoms. The molecular weight excluding hydrogens is 580 g/mol. The van der Waals surface area contributed by atoms with E-state index >= 15 is 0 Å². The Morgan fingerprint density at radius 3 is 2.46 bits per heavy atom. The molecule has 0 bridgehead atoms. The van der Waals surface area contributed by atoms with Crippen molar-refractivity contribution in [2.24, 2.45) is 29.4 Å². The number of nitrogens with zero attached hydrogens (tertiary/aromatic N) is 3. The fourth-order valence-electron chi connectivity index (χ4n) is 6.39. The summed E-state index contributed by atoms with van der Waals surface area (Å²) in [5.74, 6) is -0.885. The molecule has 0 saturated heterocycles. The monoisotopic (exact) mass is 634 g/mol. The molecule has 2 aromatic rings. The molecule has 0 unspecified atom stereocenters. The predicted molar refractivity (Wildman–Crippen MR) is 182 cm³/mol. The van der Waals surface area contributed by atoms with Crippen LogP contribution in [0.5, 0.6) is 0 Å². The smallest absolute Gasteiger partial charge is 0.244 e. The number of amides is 3. The minimum Gasteiger partial charge on any atom is -0.391 e. The first-order chi connectivity index (χ1) is 22.1. The fourth-order valence-corrected chi connectivity index (χ4v) is 6.39. The molecule has 5 atom stereocenters. The van der Waals surface area contributed by atoms with E-state index in [4.69, 9.17) is 5.73 Å². The minimum absolute atomic E-state index is 0.129. The number of anilines is 1. The number of nitrogens with one attached hydrogen (secondary N) is 2. The van der Waals surface area contributed by atoms with Crippen LogP contribution in [-0.2, 0) is 14.4 Å². The number of carbonyl (C=O) groups is 3. The van der Waals surface area contributed by atoms with E-state index in [9.17, 15) is 19.5 Å². The zero-order valence-corrected chi connectivity index (χ0v) is 28.0. The molecule has 0 aliphatic heterocycles. The molecule has 1 aliphatic rings. The number of pyridine rings is 2. The topological polar surface area (TPSA) is 151 Å². The number of hydrogen-bond donors (Lipinski definition) is 4. The van der Waals surface area contributed by atoms with Gasteiger partial charge in [0.15, 0.2) is 0 Å². The number of aliphatic hydroxyl groups is 1. The first-order valence-corrected chi connectivity index (χ1v) is 16.9. The zero-order chi connectivity index (χ0) is 33.5. The molecule has 0 aromatic carbocycles. The van der Waals surface area contributed by atoms with Crippen LogP contribution in [0.3, 0.4) is 0 Å². The first-order valence-electron chi connectivity index (χ1n) is 16.9. The van der Waals surface area contributed by atoms with Gasteiger partial charge in [-0.25, -0.2) is 4.98 Å². The number of aromatic nitrogens is 2. The Morgan fingerprint density at radius 1 is 1.09 bits per heavy atom. The van der Waals surface area contributed by atoms with Crippen LogP contribution in [0, 0.1) is 23.7 Å². The minimum atomic E-state index is -0.960. The van der Waals surface area contributed by atoms with Crippen molar-refractivity contribution in [1.82, 2.24) is 20.2 Å². The number of carbonyl (C=O) groups excluding carboxylic acids is 3. The summed E-state index contributed by atoms with van der Waals surface area (Å²) in [6.45, 7) is 8.42. The maximum absolute atomic E-state index is 14.4. The van der Waals surface area contributed by atoms with Crippen molar-refractivity contribution in [2.75, 3.05) is 18.4 Å². The highest BCUT2D eigenvalue weighted by atomic mass is 16.3. The molecule has 252 valence electrons. The second-order valence-corrected chi connectivity index (χ2v) is 13.0. The third-order valence-electron chi connectivity index (χ3n) is 9.25. The molecule has 10 nitrogen and oxygen atoms in total. The average molecular weight is 635 g/mol. The van der Waals surface area contributed by atoms with Gasteiger partial charge >= 0.3 is 0 Å². The van der Waals surface area contributed by atoms with Crippen molar-refractivity contribution in [1.29, 1.82) is 0 Å². The maximum Gasteiger partial charge on any atom is 0.244 e. The molecule has 1 saturated carbocycles. The van der Waals surface area contributed by atoms with Gasteiger partial charge in [-0.3, -0.25) is 19.4 Å². The number of primary amides is 1. The number of nitrogens with two attached hydrogens (primary N) is 1. The lowest BCUT2D eigenvalue weighted by Crippen LogP contribution is -2.55. The standard InChI is InChI=1S/C36H54N6O4/c1-5-26(4)34(35(37)45)42(21-20-40-32-15-9-10-19-39-32)36(46)29(25(2)3)23-31(43)30(22-27-12-7-6-8-13-27)41-33(44)17-16-28-14-11-18-38-24-28/h9-11,14-19,24-27,29-31,34,43H,5-8,12-13,20-23H2,1-4H3,(H2,37,45)(H,39,40)(H,41,44)/t26-,29-,30-,31-,34-/m0/s1. The Balaban J connectivity index is 1.82. The second-order valence-electron chi connectivity index (χ2n) is 13.0. The van der Waals surface area contributed by atoms with Crippen LogP contribution in [0.25, 0.3) is 6.08 Å². The van der Waals surface area contributed by atoms with E-state index < -0.39 is 30.0 Å². The number of rotatable bonds is 18. The lowest BCUT2D eigenvalue weighted by atomic mass is 9.80. The summed E-state index contributed by atoms with van der Waals surface area (Å²) < 4.78 is 0. The van der Waals surface area contributed by atoms with E-state index in [-0.39, 0.29) is 36.6 Å². The molecule has 2 aromatic heterocycles. The second kappa shape index (κ2) is 19.0. The quantitative estimate of drug-likeness (QED) is 0.172. The van der Waals surface area contributed by atoms with Crippen LogP contribution >= 0.6 is 0 Å². The molecule has 10 heteroatoms. The summed E-state index contributed by atoms with van der Waals surface area (Å²) in [6, 6.07) is 7.88. The Labute approximate surface area is 274 Å². The lowest BCUT2D eigenvalue weighted by molar-refractivity contribution is -0.146. The van der Waals surface area contributed by atoms with Crippen molar-refractivity contribution in [3.05, 3.63) is 60.6 Å². The zero-order valence-electron chi connectivity index (χ0n) is 28.0. The third kappa shape index (κ3) is 11.5. The van der Waals surface area contributed by atoms with Gasteiger partial charge in [0, 0.05) is 43.7 Å². The van der Waals surface area contributed by atoms with E-state index in [0.29, 0.717) is 31.1 Å². The van der Waals surface area contributed by atoms with E-state index in [0.717, 1.165) is 31.2 Å². The van der Waals surface area contributed by atoms with Crippen LogP contribution in [0.15, 0.2) is 55.0 Å². The van der Waals surface area contributed by atoms with Gasteiger partial charge in [-0.1, -0.05) is 78.4 Å². The predicted octanol–water partition coefficient (Wildman–Crippen LogP) is 4.81. The Bertz CT molecular complexity index is 1240. The van der Waals surface area contributed by atoms with Crippen LogP contribution in [-0.4, -0.2) is 69.0 Å². The average Bonchev–Trinajstić information content (AvgIpc) is 3.06. The highest BCUT2D eigenvalue weighted by Crippen LogP contribution is 2.31. The Kier molecular flexibility index (Phi) is 15.2. The van der Waals surface area contributed by atoms with Gasteiger partial charge in [-0.05, 0) is 60.4 Å². The summed E-state index contributed by atoms with van der Waals surface area (Å²) >= 11 is 0. The van der Waals surface area contributed by atoms with Gasteiger partial charge < -0.3 is 26.4 Å². The highest BCUT2D eigenvalue weighted by molar-refractivity contribution is 5.92. The lowest BCUT2D eigenvalue weighted by Gasteiger charge is -2.38. The molecule has 3 amide bonds. The van der Waals surface area contributed by atoms with Gasteiger partial charge in [0.25, 0.3) is 0 Å². The van der Waals surface area contributed by atoms with Gasteiger partial charge in [0.05, 0.1) is 12.1 Å².